The maximum Gasteiger partial charge on any atom is 0.227 e. The highest BCUT2D eigenvalue weighted by Gasteiger charge is 2.07. The minimum atomic E-state index is 0.515. The van der Waals surface area contributed by atoms with Crippen LogP contribution >= 0.6 is 0 Å². The molecule has 23 heavy (non-hydrogen) atoms. The van der Waals surface area contributed by atoms with Gasteiger partial charge >= 0.3 is 0 Å². The molecule has 3 rings (SSSR count). The summed E-state index contributed by atoms with van der Waals surface area (Å²) in [7, 11) is 0. The average molecular weight is 298 g/mol. The second kappa shape index (κ2) is 7.06. The Hall–Kier alpha value is -3.38. The van der Waals surface area contributed by atoms with Gasteiger partial charge in [0.25, 0.3) is 0 Å². The topological polar surface area (TPSA) is 45.4 Å². The standard InChI is InChI=1S/C20H14N2O/c21-15-16-11-13-19(14-12-16)23-20(17-7-3-1-4-8-17)22-18-9-5-2-6-10-18/h1-14H. The van der Waals surface area contributed by atoms with Gasteiger partial charge in [0.15, 0.2) is 0 Å². The van der Waals surface area contributed by atoms with Crippen molar-refractivity contribution in [2.45, 2.75) is 0 Å². The van der Waals surface area contributed by atoms with Crippen molar-refractivity contribution in [3.63, 3.8) is 0 Å². The minimum absolute atomic E-state index is 0.515. The van der Waals surface area contributed by atoms with E-state index < -0.39 is 0 Å². The third-order valence-corrected chi connectivity index (χ3v) is 3.21. The van der Waals surface area contributed by atoms with Gasteiger partial charge in [-0.05, 0) is 48.5 Å². The number of hydrogen-bond donors (Lipinski definition) is 0. The number of rotatable bonds is 3. The lowest BCUT2D eigenvalue weighted by Crippen LogP contribution is -2.10. The quantitative estimate of drug-likeness (QED) is 0.519. The molecule has 0 fully saturated rings. The van der Waals surface area contributed by atoms with E-state index in [0.29, 0.717) is 17.2 Å². The fraction of sp³-hybridized carbons (Fsp3) is 0. The van der Waals surface area contributed by atoms with Crippen molar-refractivity contribution in [3.05, 3.63) is 96.1 Å². The summed E-state index contributed by atoms with van der Waals surface area (Å²) >= 11 is 0. The molecule has 3 aromatic carbocycles. The van der Waals surface area contributed by atoms with Crippen LogP contribution in [0.4, 0.5) is 5.69 Å². The average Bonchev–Trinajstić information content (AvgIpc) is 2.63. The Balaban J connectivity index is 1.95. The molecular formula is C20H14N2O. The first kappa shape index (κ1) is 14.6. The van der Waals surface area contributed by atoms with Crippen LogP contribution in [0.1, 0.15) is 11.1 Å². The number of nitrogens with zero attached hydrogens (tertiary/aromatic N) is 2. The lowest BCUT2D eigenvalue weighted by atomic mass is 10.2. The highest BCUT2D eigenvalue weighted by atomic mass is 16.5. The predicted molar refractivity (Wildman–Crippen MR) is 90.9 cm³/mol. The Bertz CT molecular complexity index is 832. The number of nitriles is 1. The molecule has 3 nitrogen and oxygen atoms in total. The number of benzene rings is 3. The van der Waals surface area contributed by atoms with Gasteiger partial charge in [-0.3, -0.25) is 0 Å². The van der Waals surface area contributed by atoms with Crippen molar-refractivity contribution in [3.8, 4) is 11.8 Å². The smallest absolute Gasteiger partial charge is 0.227 e. The molecule has 0 unspecified atom stereocenters. The first-order valence-electron chi connectivity index (χ1n) is 7.22. The number of ether oxygens (including phenoxy) is 1. The molecule has 0 radical (unpaired) electrons. The molecule has 0 saturated heterocycles. The second-order valence-corrected chi connectivity index (χ2v) is 4.86. The normalized spacial score (nSPS) is 10.8. The summed E-state index contributed by atoms with van der Waals surface area (Å²) in [5, 5.41) is 8.87. The Kier molecular flexibility index (Phi) is 4.47. The van der Waals surface area contributed by atoms with E-state index in [4.69, 9.17) is 10.00 Å². The van der Waals surface area contributed by atoms with Crippen molar-refractivity contribution in [2.24, 2.45) is 4.99 Å². The van der Waals surface area contributed by atoms with Crippen LogP contribution in [0, 0.1) is 11.3 Å². The fourth-order valence-electron chi connectivity index (χ4n) is 2.06. The van der Waals surface area contributed by atoms with Gasteiger partial charge in [-0.25, -0.2) is 4.99 Å². The van der Waals surface area contributed by atoms with E-state index in [9.17, 15) is 0 Å². The number of aliphatic imine (C=N–C) groups is 1. The zero-order valence-corrected chi connectivity index (χ0v) is 12.4. The third kappa shape index (κ3) is 3.84. The Labute approximate surface area is 135 Å². The van der Waals surface area contributed by atoms with Crippen LogP contribution in [0.25, 0.3) is 0 Å². The van der Waals surface area contributed by atoms with E-state index in [2.05, 4.69) is 11.1 Å². The van der Waals surface area contributed by atoms with Gasteiger partial charge in [-0.1, -0.05) is 36.4 Å². The molecule has 0 heterocycles. The molecule has 0 saturated carbocycles. The highest BCUT2D eigenvalue weighted by molar-refractivity contribution is 5.97. The predicted octanol–water partition coefficient (Wildman–Crippen LogP) is 4.72. The number of para-hydroxylation sites is 1. The first-order valence-corrected chi connectivity index (χ1v) is 7.22. The molecule has 0 atom stereocenters. The summed E-state index contributed by atoms with van der Waals surface area (Å²) in [6.07, 6.45) is 0. The Morgan fingerprint density at radius 3 is 2.00 bits per heavy atom. The van der Waals surface area contributed by atoms with Crippen LogP contribution in [0.3, 0.4) is 0 Å². The van der Waals surface area contributed by atoms with Gasteiger partial charge in [-0.2, -0.15) is 5.26 Å². The van der Waals surface area contributed by atoms with Crippen molar-refractivity contribution in [1.82, 2.24) is 0 Å². The lowest BCUT2D eigenvalue weighted by Gasteiger charge is -2.09. The summed E-state index contributed by atoms with van der Waals surface area (Å²) in [4.78, 5) is 4.60. The van der Waals surface area contributed by atoms with Crippen LogP contribution in [0.2, 0.25) is 0 Å². The summed E-state index contributed by atoms with van der Waals surface area (Å²) in [6, 6.07) is 28.5. The van der Waals surface area contributed by atoms with Gasteiger partial charge in [0, 0.05) is 5.56 Å². The van der Waals surface area contributed by atoms with Crippen LogP contribution in [0.15, 0.2) is 89.9 Å². The Morgan fingerprint density at radius 1 is 0.783 bits per heavy atom. The largest absolute Gasteiger partial charge is 0.438 e. The Morgan fingerprint density at radius 2 is 1.39 bits per heavy atom. The van der Waals surface area contributed by atoms with E-state index in [-0.39, 0.29) is 0 Å². The van der Waals surface area contributed by atoms with Gasteiger partial charge in [0.05, 0.1) is 17.3 Å². The second-order valence-electron chi connectivity index (χ2n) is 4.86. The van der Waals surface area contributed by atoms with Gasteiger partial charge in [0.1, 0.15) is 5.75 Å². The van der Waals surface area contributed by atoms with Gasteiger partial charge < -0.3 is 4.74 Å². The monoisotopic (exact) mass is 298 g/mol. The fourth-order valence-corrected chi connectivity index (χ4v) is 2.06. The summed E-state index contributed by atoms with van der Waals surface area (Å²) < 4.78 is 5.94. The van der Waals surface area contributed by atoms with E-state index in [1.165, 1.54) is 0 Å². The maximum absolute atomic E-state index is 8.87. The summed E-state index contributed by atoms with van der Waals surface area (Å²) in [5.41, 5.74) is 2.30. The van der Waals surface area contributed by atoms with Crippen molar-refractivity contribution < 1.29 is 4.74 Å². The SMILES string of the molecule is N#Cc1ccc(OC(=Nc2ccccc2)c2ccccc2)cc1. The molecule has 0 aromatic heterocycles. The molecule has 0 spiro atoms. The zero-order valence-electron chi connectivity index (χ0n) is 12.4. The lowest BCUT2D eigenvalue weighted by molar-refractivity contribution is 0.553. The summed E-state index contributed by atoms with van der Waals surface area (Å²) in [5.74, 6) is 1.16. The van der Waals surface area contributed by atoms with Crippen molar-refractivity contribution in [1.29, 1.82) is 5.26 Å². The molecule has 3 heteroatoms. The van der Waals surface area contributed by atoms with Crippen LogP contribution < -0.4 is 4.74 Å². The number of hydrogen-bond acceptors (Lipinski definition) is 3. The van der Waals surface area contributed by atoms with Crippen molar-refractivity contribution >= 4 is 11.6 Å². The minimum Gasteiger partial charge on any atom is -0.438 e. The molecular weight excluding hydrogens is 284 g/mol. The summed E-state index contributed by atoms with van der Waals surface area (Å²) in [6.45, 7) is 0. The first-order chi connectivity index (χ1) is 11.3. The van der Waals surface area contributed by atoms with Crippen molar-refractivity contribution in [2.75, 3.05) is 0 Å². The van der Waals surface area contributed by atoms with E-state index in [0.717, 1.165) is 11.3 Å². The highest BCUT2D eigenvalue weighted by Crippen LogP contribution is 2.18. The molecule has 0 bridgehead atoms. The maximum atomic E-state index is 8.87. The van der Waals surface area contributed by atoms with E-state index >= 15 is 0 Å². The van der Waals surface area contributed by atoms with Gasteiger partial charge in [0.2, 0.25) is 5.90 Å². The molecule has 3 aromatic rings. The molecule has 0 amide bonds. The van der Waals surface area contributed by atoms with Gasteiger partial charge in [-0.15, -0.1) is 0 Å². The molecule has 0 aliphatic heterocycles. The van der Waals surface area contributed by atoms with Crippen LogP contribution in [0.5, 0.6) is 5.75 Å². The third-order valence-electron chi connectivity index (χ3n) is 3.21. The molecule has 0 N–H and O–H groups in total. The molecule has 0 aliphatic rings. The molecule has 110 valence electrons. The van der Waals surface area contributed by atoms with E-state index in [1.54, 1.807) is 24.3 Å². The zero-order chi connectivity index (χ0) is 15.9. The van der Waals surface area contributed by atoms with Crippen LogP contribution in [-0.4, -0.2) is 5.90 Å². The molecule has 0 aliphatic carbocycles. The van der Waals surface area contributed by atoms with Crippen LogP contribution in [-0.2, 0) is 0 Å². The van der Waals surface area contributed by atoms with E-state index in [1.807, 2.05) is 60.7 Å².